The van der Waals surface area contributed by atoms with Gasteiger partial charge in [-0.25, -0.2) is 0 Å². The van der Waals surface area contributed by atoms with E-state index in [0.717, 1.165) is 38.7 Å². The molecule has 0 radical (unpaired) electrons. The van der Waals surface area contributed by atoms with E-state index < -0.39 is 0 Å². The Labute approximate surface area is 239 Å². The Morgan fingerprint density at radius 3 is 2.15 bits per heavy atom. The van der Waals surface area contributed by atoms with E-state index in [-0.39, 0.29) is 41.4 Å². The van der Waals surface area contributed by atoms with E-state index in [9.17, 15) is 4.79 Å². The third-order valence-electron chi connectivity index (χ3n) is 9.16. The van der Waals surface area contributed by atoms with Crippen molar-refractivity contribution in [1.29, 1.82) is 0 Å². The Hall–Kier alpha value is -1.17. The highest BCUT2D eigenvalue weighted by molar-refractivity contribution is 5.69. The molecule has 6 atom stereocenters. The van der Waals surface area contributed by atoms with Gasteiger partial charge in [0.05, 0.1) is 18.6 Å². The predicted octanol–water partition coefficient (Wildman–Crippen LogP) is 8.64. The van der Waals surface area contributed by atoms with Crippen LogP contribution >= 0.6 is 0 Å². The highest BCUT2D eigenvalue weighted by atomic mass is 16.6. The highest BCUT2D eigenvalue weighted by Gasteiger charge is 2.72. The fourth-order valence-electron chi connectivity index (χ4n) is 6.64. The first-order valence-corrected chi connectivity index (χ1v) is 16.2. The van der Waals surface area contributed by atoms with Gasteiger partial charge in [-0.2, -0.15) is 0 Å². The Kier molecular flexibility index (Phi) is 13.5. The molecule has 0 aromatic carbocycles. The zero-order valence-corrected chi connectivity index (χ0v) is 25.8. The molecule has 0 N–H and O–H groups in total. The molecular formula is C34H58O5. The van der Waals surface area contributed by atoms with Crippen LogP contribution in [0.15, 0.2) is 23.8 Å². The number of hydrogen-bond donors (Lipinski definition) is 0. The molecular weight excluding hydrogens is 488 g/mol. The molecule has 3 fully saturated rings. The lowest BCUT2D eigenvalue weighted by Gasteiger charge is -2.42. The summed E-state index contributed by atoms with van der Waals surface area (Å²) in [6.45, 7) is 9.45. The second-order valence-electron chi connectivity index (χ2n) is 12.7. The zero-order chi connectivity index (χ0) is 28.1. The largest absolute Gasteiger partial charge is 0.460 e. The van der Waals surface area contributed by atoms with Crippen LogP contribution in [-0.4, -0.2) is 49.2 Å². The summed E-state index contributed by atoms with van der Waals surface area (Å²) in [6, 6.07) is 0. The van der Waals surface area contributed by atoms with Crippen molar-refractivity contribution in [3.63, 3.8) is 0 Å². The number of methoxy groups -OCH3 is 1. The number of ether oxygens (including phenoxy) is 4. The molecule has 0 amide bonds. The topological polar surface area (TPSA) is 60.6 Å². The van der Waals surface area contributed by atoms with E-state index in [2.05, 4.69) is 45.9 Å². The second kappa shape index (κ2) is 16.3. The average molecular weight is 547 g/mol. The predicted molar refractivity (Wildman–Crippen MR) is 159 cm³/mol. The number of hydrogen-bond acceptors (Lipinski definition) is 5. The third-order valence-corrected chi connectivity index (χ3v) is 9.16. The van der Waals surface area contributed by atoms with Crippen LogP contribution in [0.1, 0.15) is 137 Å². The molecule has 2 heterocycles. The molecule has 1 aliphatic carbocycles. The van der Waals surface area contributed by atoms with E-state index in [0.29, 0.717) is 6.42 Å². The van der Waals surface area contributed by atoms with Crippen LogP contribution in [-0.2, 0) is 23.7 Å². The minimum absolute atomic E-state index is 0.0805. The molecule has 2 aliphatic heterocycles. The number of carbonyl (C=O) groups is 1. The van der Waals surface area contributed by atoms with Gasteiger partial charge in [0.25, 0.3) is 0 Å². The summed E-state index contributed by atoms with van der Waals surface area (Å²) in [5.41, 5.74) is 0.832. The molecule has 3 rings (SSSR count). The number of esters is 1. The van der Waals surface area contributed by atoms with Crippen molar-refractivity contribution in [1.82, 2.24) is 0 Å². The minimum Gasteiger partial charge on any atom is -0.460 e. The molecule has 0 bridgehead atoms. The van der Waals surface area contributed by atoms with Crippen molar-refractivity contribution in [3.05, 3.63) is 23.8 Å². The lowest BCUT2D eigenvalue weighted by molar-refractivity contribution is -0.172. The van der Waals surface area contributed by atoms with Crippen molar-refractivity contribution >= 4 is 5.97 Å². The van der Waals surface area contributed by atoms with Gasteiger partial charge in [-0.05, 0) is 72.1 Å². The van der Waals surface area contributed by atoms with Crippen LogP contribution in [0.3, 0.4) is 0 Å². The Morgan fingerprint density at radius 1 is 0.949 bits per heavy atom. The summed E-state index contributed by atoms with van der Waals surface area (Å²) in [5, 5.41) is 0. The molecule has 1 saturated carbocycles. The summed E-state index contributed by atoms with van der Waals surface area (Å²) in [6.07, 6.45) is 26.1. The van der Waals surface area contributed by atoms with Gasteiger partial charge in [0.15, 0.2) is 0 Å². The van der Waals surface area contributed by atoms with Gasteiger partial charge in [-0.3, -0.25) is 4.79 Å². The molecule has 3 aliphatic rings. The first kappa shape index (κ1) is 32.3. The Morgan fingerprint density at radius 2 is 1.56 bits per heavy atom. The smallest absolute Gasteiger partial charge is 0.306 e. The number of rotatable bonds is 20. The van der Waals surface area contributed by atoms with E-state index in [1.807, 2.05) is 0 Å². The fourth-order valence-corrected chi connectivity index (χ4v) is 6.64. The van der Waals surface area contributed by atoms with E-state index in [1.165, 1.54) is 76.2 Å². The molecule has 5 heteroatoms. The highest BCUT2D eigenvalue weighted by Crippen LogP contribution is 2.59. The maximum atomic E-state index is 12.7. The quantitative estimate of drug-likeness (QED) is 0.0662. The van der Waals surface area contributed by atoms with Gasteiger partial charge in [-0.1, -0.05) is 82.1 Å². The van der Waals surface area contributed by atoms with Gasteiger partial charge in [-0.15, -0.1) is 0 Å². The van der Waals surface area contributed by atoms with Crippen molar-refractivity contribution in [2.75, 3.05) is 13.7 Å². The molecule has 224 valence electrons. The number of carbonyl (C=O) groups excluding carboxylic acids is 1. The normalized spacial score (nSPS) is 31.5. The summed E-state index contributed by atoms with van der Waals surface area (Å²) in [4.78, 5) is 12.7. The van der Waals surface area contributed by atoms with Gasteiger partial charge in [0, 0.05) is 13.5 Å². The van der Waals surface area contributed by atoms with E-state index in [1.54, 1.807) is 7.11 Å². The van der Waals surface area contributed by atoms with Crippen molar-refractivity contribution < 1.29 is 23.7 Å². The Balaban J connectivity index is 1.29. The van der Waals surface area contributed by atoms with Crippen LogP contribution in [0.5, 0.6) is 0 Å². The summed E-state index contributed by atoms with van der Waals surface area (Å²) in [5.74, 6) is -0.00833. The fraction of sp³-hybridized carbons (Fsp3) is 0.853. The second-order valence-corrected chi connectivity index (χ2v) is 12.7. The number of allylic oxidation sites excluding steroid dienone is 3. The average Bonchev–Trinajstić information content (AvgIpc) is 3.83. The van der Waals surface area contributed by atoms with Crippen molar-refractivity contribution in [2.45, 2.75) is 166 Å². The first-order valence-electron chi connectivity index (χ1n) is 16.2. The van der Waals surface area contributed by atoms with Crippen molar-refractivity contribution in [2.24, 2.45) is 5.92 Å². The van der Waals surface area contributed by atoms with Crippen LogP contribution < -0.4 is 0 Å². The molecule has 0 aromatic heterocycles. The summed E-state index contributed by atoms with van der Waals surface area (Å²) >= 11 is 0. The summed E-state index contributed by atoms with van der Waals surface area (Å²) in [7, 11) is 1.74. The molecule has 5 nitrogen and oxygen atoms in total. The summed E-state index contributed by atoms with van der Waals surface area (Å²) < 4.78 is 24.3. The van der Waals surface area contributed by atoms with Crippen molar-refractivity contribution in [3.8, 4) is 0 Å². The Bertz CT molecular complexity index is 780. The molecule has 2 saturated heterocycles. The maximum Gasteiger partial charge on any atom is 0.306 e. The van der Waals surface area contributed by atoms with Gasteiger partial charge in [0.2, 0.25) is 0 Å². The molecule has 0 aromatic rings. The lowest BCUT2D eigenvalue weighted by atomic mass is 9.68. The third kappa shape index (κ3) is 10.0. The van der Waals surface area contributed by atoms with Gasteiger partial charge >= 0.3 is 5.97 Å². The maximum absolute atomic E-state index is 12.7. The van der Waals surface area contributed by atoms with Crippen LogP contribution in [0.2, 0.25) is 0 Å². The van der Waals surface area contributed by atoms with Crippen LogP contribution in [0, 0.1) is 5.92 Å². The van der Waals surface area contributed by atoms with Crippen LogP contribution in [0.25, 0.3) is 0 Å². The minimum atomic E-state index is -0.294. The number of epoxide rings is 2. The van der Waals surface area contributed by atoms with E-state index in [4.69, 9.17) is 18.9 Å². The molecule has 39 heavy (non-hydrogen) atoms. The molecule has 1 spiro atoms. The SMILES string of the molecule is CCCCCCCCC=CCCCCCCCC(=O)O[C@@H]1CC[C@]2(CO2)[C@@H]([C@@]2(C)O[C@@H]2CC=C(C)C)[C@@H]1OC. The van der Waals surface area contributed by atoms with Gasteiger partial charge < -0.3 is 18.9 Å². The lowest BCUT2D eigenvalue weighted by Crippen LogP contribution is -2.55. The zero-order valence-electron chi connectivity index (χ0n) is 25.8. The monoisotopic (exact) mass is 546 g/mol. The van der Waals surface area contributed by atoms with Gasteiger partial charge in [0.1, 0.15) is 23.4 Å². The first-order chi connectivity index (χ1) is 18.9. The standard InChI is InChI=1S/C34H58O5/c1-6-7-8-9-10-11-12-13-14-15-16-17-18-19-20-21-30(35)38-28-24-25-34(26-37-34)32(31(28)36-5)33(4)29(39-33)23-22-27(2)3/h13-14,22,28-29,31-32H,6-12,15-21,23-26H2,1-5H3/t28-,29-,31-,32-,33+,34+/m1/s1. The molecule has 0 unspecified atom stereocenters. The van der Waals surface area contributed by atoms with E-state index >= 15 is 0 Å². The number of unbranched alkanes of at least 4 members (excludes halogenated alkanes) is 11. The van der Waals surface area contributed by atoms with Crippen LogP contribution in [0.4, 0.5) is 0 Å².